The van der Waals surface area contributed by atoms with E-state index < -0.39 is 0 Å². The summed E-state index contributed by atoms with van der Waals surface area (Å²) >= 11 is 1.67. The fourth-order valence-corrected chi connectivity index (χ4v) is 4.47. The van der Waals surface area contributed by atoms with Gasteiger partial charge in [-0.25, -0.2) is 4.39 Å². The summed E-state index contributed by atoms with van der Waals surface area (Å²) in [5, 5.41) is 9.34. The Labute approximate surface area is 213 Å². The maximum absolute atomic E-state index is 13.6. The molecule has 0 atom stereocenters. The number of ether oxygens (including phenoxy) is 1. The van der Waals surface area contributed by atoms with Crippen molar-refractivity contribution in [3.8, 4) is 16.2 Å². The Kier molecular flexibility index (Phi) is 6.64. The molecule has 9 heteroatoms. The van der Waals surface area contributed by atoms with E-state index in [-0.39, 0.29) is 12.4 Å². The number of aromatic nitrogens is 2. The van der Waals surface area contributed by atoms with Gasteiger partial charge in [-0.1, -0.05) is 0 Å². The molecule has 5 aromatic rings. The van der Waals surface area contributed by atoms with Crippen LogP contribution in [0.15, 0.2) is 78.4 Å². The van der Waals surface area contributed by atoms with E-state index in [0.29, 0.717) is 28.4 Å². The summed E-state index contributed by atoms with van der Waals surface area (Å²) in [5.41, 5.74) is 11.4. The van der Waals surface area contributed by atoms with Crippen molar-refractivity contribution >= 4 is 58.2 Å². The molecule has 6 nitrogen and oxygen atoms in total. The number of fused-ring (bicyclic) bond motifs is 1. The quantitative estimate of drug-likeness (QED) is 0.191. The number of nitrogen functional groups attached to an aromatic ring is 1. The molecule has 2 aromatic heterocycles. The van der Waals surface area contributed by atoms with Crippen LogP contribution in [0.25, 0.3) is 21.3 Å². The van der Waals surface area contributed by atoms with Crippen LogP contribution in [0.2, 0.25) is 0 Å². The van der Waals surface area contributed by atoms with Gasteiger partial charge in [-0.3, -0.25) is 0 Å². The summed E-state index contributed by atoms with van der Waals surface area (Å²) in [6.07, 6.45) is 1.49. The summed E-state index contributed by atoms with van der Waals surface area (Å²) in [5.74, 6) is 0.989. The van der Waals surface area contributed by atoms with Crippen LogP contribution in [0.4, 0.5) is 27.3 Å². The Morgan fingerprint density at radius 2 is 1.97 bits per heavy atom. The second-order valence-corrected chi connectivity index (χ2v) is 9.23. The van der Waals surface area contributed by atoms with Gasteiger partial charge in [0.2, 0.25) is 0 Å². The van der Waals surface area contributed by atoms with Crippen molar-refractivity contribution in [3.63, 3.8) is 0 Å². The molecular weight excluding hydrogens is 472 g/mol. The molecule has 0 amide bonds. The van der Waals surface area contributed by atoms with E-state index >= 15 is 0 Å². The standard InChI is InChI=1S/C27H23BFN5OS/c1-16-11-18(5-7-21(16)29)33-27-20-13-19(6-9-23(20)31-15-32-27)35-14-26(28)34-24-12-17(4-8-22(24)30)25-3-2-10-36-25/h2-13,15,28,34H,14,30H2,1H3,(H,31,32,33). The molecular formula is C27H23BFN5OS. The van der Waals surface area contributed by atoms with E-state index in [1.165, 1.54) is 17.3 Å². The summed E-state index contributed by atoms with van der Waals surface area (Å²) in [6.45, 7) is 1.96. The van der Waals surface area contributed by atoms with Crippen LogP contribution in [0.1, 0.15) is 5.56 Å². The van der Waals surface area contributed by atoms with Gasteiger partial charge in [0.05, 0.1) is 0 Å². The van der Waals surface area contributed by atoms with Gasteiger partial charge in [-0.15, -0.1) is 0 Å². The number of thiophene rings is 1. The first-order chi connectivity index (χ1) is 17.5. The Bertz CT molecular complexity index is 1560. The minimum absolute atomic E-state index is 0.238. The molecule has 0 bridgehead atoms. The van der Waals surface area contributed by atoms with Crippen LogP contribution in [0.3, 0.4) is 0 Å². The number of hydrogen-bond acceptors (Lipinski definition) is 7. The number of aryl methyl sites for hydroxylation is 1. The molecule has 0 aliphatic rings. The van der Waals surface area contributed by atoms with Gasteiger partial charge < -0.3 is 0 Å². The Morgan fingerprint density at radius 1 is 1.08 bits per heavy atom. The first-order valence-electron chi connectivity index (χ1n) is 11.3. The van der Waals surface area contributed by atoms with Gasteiger partial charge >= 0.3 is 209 Å². The summed E-state index contributed by atoms with van der Waals surface area (Å²) in [4.78, 5) is 9.87. The topological polar surface area (TPSA) is 85.1 Å². The number of nitrogens with two attached hydrogens (primary N) is 1. The molecule has 0 spiro atoms. The monoisotopic (exact) mass is 495 g/mol. The number of anilines is 4. The average Bonchev–Trinajstić information content (AvgIpc) is 3.42. The normalized spacial score (nSPS) is 10.8. The van der Waals surface area contributed by atoms with Gasteiger partial charge in [0, 0.05) is 0 Å². The van der Waals surface area contributed by atoms with Crippen LogP contribution < -0.4 is 21.1 Å². The van der Waals surface area contributed by atoms with Crippen molar-refractivity contribution in [1.29, 1.82) is 0 Å². The molecule has 0 saturated heterocycles. The van der Waals surface area contributed by atoms with Gasteiger partial charge in [0.15, 0.2) is 0 Å². The minimum atomic E-state index is -0.252. The average molecular weight is 495 g/mol. The third-order valence-electron chi connectivity index (χ3n) is 5.61. The van der Waals surface area contributed by atoms with Crippen LogP contribution in [0, 0.1) is 12.7 Å². The zero-order chi connectivity index (χ0) is 25.1. The van der Waals surface area contributed by atoms with Crippen molar-refractivity contribution in [2.45, 2.75) is 6.92 Å². The van der Waals surface area contributed by atoms with Crippen LogP contribution in [-0.4, -0.2) is 29.6 Å². The molecule has 3 aromatic carbocycles. The Hall–Kier alpha value is -4.24. The van der Waals surface area contributed by atoms with Crippen molar-refractivity contribution in [3.05, 3.63) is 89.8 Å². The molecule has 0 saturated carbocycles. The van der Waals surface area contributed by atoms with Gasteiger partial charge in [-0.2, -0.15) is 0 Å². The zero-order valence-corrected chi connectivity index (χ0v) is 20.4. The fraction of sp³-hybridized carbons (Fsp3) is 0.0741. The molecule has 0 radical (unpaired) electrons. The first kappa shape index (κ1) is 23.5. The SMILES string of the molecule is B=C(COc1ccc2ncnc(Nc3ccc(F)c(C)c3)c2c1)Nc1cc(-c2cccs2)ccc1N. The van der Waals surface area contributed by atoms with Crippen molar-refractivity contribution in [2.24, 2.45) is 0 Å². The van der Waals surface area contributed by atoms with E-state index in [1.54, 1.807) is 30.4 Å². The summed E-state index contributed by atoms with van der Waals surface area (Å²) in [7, 11) is 4.09. The van der Waals surface area contributed by atoms with Crippen molar-refractivity contribution in [2.75, 3.05) is 23.0 Å². The van der Waals surface area contributed by atoms with Crippen LogP contribution in [0.5, 0.6) is 5.75 Å². The van der Waals surface area contributed by atoms with E-state index in [0.717, 1.165) is 27.8 Å². The molecule has 4 N–H and O–H groups in total. The molecule has 178 valence electrons. The van der Waals surface area contributed by atoms with Crippen LogP contribution in [-0.2, 0) is 0 Å². The molecule has 0 unspecified atom stereocenters. The summed E-state index contributed by atoms with van der Waals surface area (Å²) in [6, 6.07) is 20.4. The van der Waals surface area contributed by atoms with Gasteiger partial charge in [0.25, 0.3) is 0 Å². The number of nitrogens with one attached hydrogen (secondary N) is 2. The molecule has 2 heterocycles. The van der Waals surface area contributed by atoms with Gasteiger partial charge in [0.1, 0.15) is 0 Å². The molecule has 0 fully saturated rings. The Morgan fingerprint density at radius 3 is 2.78 bits per heavy atom. The second kappa shape index (κ2) is 10.2. The third-order valence-corrected chi connectivity index (χ3v) is 6.53. The molecule has 0 aliphatic heterocycles. The molecule has 36 heavy (non-hydrogen) atoms. The zero-order valence-electron chi connectivity index (χ0n) is 19.6. The maximum atomic E-state index is 13.6. The fourth-order valence-electron chi connectivity index (χ4n) is 3.74. The number of nitrogens with zero attached hydrogens (tertiary/aromatic N) is 2. The van der Waals surface area contributed by atoms with Crippen molar-refractivity contribution in [1.82, 2.24) is 9.97 Å². The summed E-state index contributed by atoms with van der Waals surface area (Å²) < 4.78 is 19.6. The second-order valence-electron chi connectivity index (χ2n) is 8.29. The number of hydrogen-bond donors (Lipinski definition) is 3. The van der Waals surface area contributed by atoms with E-state index in [9.17, 15) is 4.39 Å². The van der Waals surface area contributed by atoms with Crippen LogP contribution >= 0.6 is 11.3 Å². The van der Waals surface area contributed by atoms with E-state index in [1.807, 2.05) is 47.8 Å². The molecule has 0 aliphatic carbocycles. The van der Waals surface area contributed by atoms with Gasteiger partial charge in [-0.05, 0) is 0 Å². The number of rotatable bonds is 8. The predicted octanol–water partition coefficient (Wildman–Crippen LogP) is 5.65. The predicted molar refractivity (Wildman–Crippen MR) is 149 cm³/mol. The number of halogens is 1. The number of benzene rings is 3. The molecule has 5 rings (SSSR count). The van der Waals surface area contributed by atoms with E-state index in [4.69, 9.17) is 10.5 Å². The van der Waals surface area contributed by atoms with Crippen molar-refractivity contribution < 1.29 is 9.13 Å². The first-order valence-corrected chi connectivity index (χ1v) is 12.1. The Balaban J connectivity index is 1.30. The van der Waals surface area contributed by atoms with E-state index in [2.05, 4.69) is 34.2 Å². The third kappa shape index (κ3) is 5.21.